The number of nitrogens with one attached hydrogen (secondary N) is 1. The Morgan fingerprint density at radius 3 is 2.53 bits per heavy atom. The fourth-order valence-corrected chi connectivity index (χ4v) is 5.17. The Kier molecular flexibility index (Phi) is 9.59. The molecule has 3 unspecified atom stereocenters. The van der Waals surface area contributed by atoms with Gasteiger partial charge < -0.3 is 25.1 Å². The molecule has 0 amide bonds. The second-order valence-corrected chi connectivity index (χ2v) is 10.1. The maximum atomic E-state index is 13.1. The number of Topliss-reactive ketones (excluding diaryl/α,β-unsaturated/α-hetero) is 3. The Labute approximate surface area is 211 Å². The second-order valence-electron chi connectivity index (χ2n) is 10.1. The summed E-state index contributed by atoms with van der Waals surface area (Å²) in [5, 5.41) is 33.3. The molecule has 8 nitrogen and oxygen atoms in total. The third-order valence-electron chi connectivity index (χ3n) is 6.89. The molecule has 8 heteroatoms. The molecular formula is C28H37NO7. The zero-order chi connectivity index (χ0) is 26.4. The van der Waals surface area contributed by atoms with Crippen molar-refractivity contribution in [3.8, 4) is 17.1 Å². The summed E-state index contributed by atoms with van der Waals surface area (Å²) in [4.78, 5) is 37.2. The molecule has 4 N–H and O–H groups in total. The Balaban J connectivity index is 1.88. The third kappa shape index (κ3) is 6.69. The number of carbonyl (C=O) groups is 3. The largest absolute Gasteiger partial charge is 0.507 e. The van der Waals surface area contributed by atoms with Gasteiger partial charge in [0, 0.05) is 30.6 Å². The van der Waals surface area contributed by atoms with Gasteiger partial charge in [-0.1, -0.05) is 13.8 Å². The van der Waals surface area contributed by atoms with Crippen molar-refractivity contribution in [2.24, 2.45) is 17.8 Å². The maximum Gasteiger partial charge on any atom is 0.167 e. The number of phenolic OH excluding ortho intramolecular Hbond substituents is 1. The van der Waals surface area contributed by atoms with E-state index in [1.807, 2.05) is 26.0 Å². The molecule has 36 heavy (non-hydrogen) atoms. The van der Waals surface area contributed by atoms with Gasteiger partial charge in [-0.05, 0) is 67.9 Å². The molecule has 3 atom stereocenters. The molecule has 0 saturated heterocycles. The molecule has 1 aromatic carbocycles. The number of fused-ring (bicyclic) bond motifs is 1. The molecule has 0 spiro atoms. The Morgan fingerprint density at radius 2 is 1.89 bits per heavy atom. The highest BCUT2D eigenvalue weighted by Gasteiger charge is 2.35. The van der Waals surface area contributed by atoms with Crippen molar-refractivity contribution in [1.29, 1.82) is 0 Å². The van der Waals surface area contributed by atoms with Gasteiger partial charge in [0.25, 0.3) is 0 Å². The number of furan rings is 1. The van der Waals surface area contributed by atoms with E-state index >= 15 is 0 Å². The first-order chi connectivity index (χ1) is 17.1. The van der Waals surface area contributed by atoms with E-state index in [0.29, 0.717) is 42.3 Å². The van der Waals surface area contributed by atoms with Crippen molar-refractivity contribution in [2.45, 2.75) is 65.5 Å². The van der Waals surface area contributed by atoms with Gasteiger partial charge in [-0.2, -0.15) is 0 Å². The quantitative estimate of drug-likeness (QED) is 0.308. The maximum absolute atomic E-state index is 13.1. The molecule has 3 rings (SSSR count). The average Bonchev–Trinajstić information content (AvgIpc) is 3.26. The summed E-state index contributed by atoms with van der Waals surface area (Å²) >= 11 is 0. The Hall–Kier alpha value is -2.81. The van der Waals surface area contributed by atoms with Crippen LogP contribution >= 0.6 is 0 Å². The van der Waals surface area contributed by atoms with E-state index in [-0.39, 0.29) is 60.8 Å². The van der Waals surface area contributed by atoms with Crippen molar-refractivity contribution in [3.63, 3.8) is 0 Å². The van der Waals surface area contributed by atoms with Gasteiger partial charge in [0.15, 0.2) is 5.78 Å². The lowest BCUT2D eigenvalue weighted by Crippen LogP contribution is -2.32. The first-order valence-electron chi connectivity index (χ1n) is 12.6. The van der Waals surface area contributed by atoms with Crippen LogP contribution in [-0.4, -0.2) is 51.9 Å². The molecule has 1 aliphatic carbocycles. The summed E-state index contributed by atoms with van der Waals surface area (Å²) in [7, 11) is 0. The molecule has 2 aromatic rings. The van der Waals surface area contributed by atoms with E-state index in [0.717, 1.165) is 11.3 Å². The summed E-state index contributed by atoms with van der Waals surface area (Å²) in [6, 6.07) is 7.30. The van der Waals surface area contributed by atoms with E-state index in [4.69, 9.17) is 4.42 Å². The summed E-state index contributed by atoms with van der Waals surface area (Å²) in [6.45, 7) is 5.41. The van der Waals surface area contributed by atoms with Gasteiger partial charge in [-0.25, -0.2) is 0 Å². The predicted octanol–water partition coefficient (Wildman–Crippen LogP) is 3.44. The van der Waals surface area contributed by atoms with Crippen LogP contribution in [0.5, 0.6) is 5.75 Å². The van der Waals surface area contributed by atoms with Crippen LogP contribution in [0, 0.1) is 17.8 Å². The van der Waals surface area contributed by atoms with E-state index in [9.17, 15) is 29.7 Å². The van der Waals surface area contributed by atoms with Crippen LogP contribution in [0.4, 0.5) is 0 Å². The molecule has 1 heterocycles. The topological polar surface area (TPSA) is 137 Å². The van der Waals surface area contributed by atoms with E-state index in [1.54, 1.807) is 6.07 Å². The lowest BCUT2D eigenvalue weighted by atomic mass is 9.72. The molecular weight excluding hydrogens is 462 g/mol. The molecule has 0 bridgehead atoms. The third-order valence-corrected chi connectivity index (χ3v) is 6.89. The van der Waals surface area contributed by atoms with Crippen molar-refractivity contribution in [3.05, 3.63) is 41.2 Å². The number of hydrogen-bond acceptors (Lipinski definition) is 8. The van der Waals surface area contributed by atoms with Crippen molar-refractivity contribution < 1.29 is 34.1 Å². The smallest absolute Gasteiger partial charge is 0.167 e. The molecule has 0 aliphatic heterocycles. The summed E-state index contributed by atoms with van der Waals surface area (Å²) in [5.74, 6) is -0.805. The van der Waals surface area contributed by atoms with Crippen molar-refractivity contribution >= 4 is 17.3 Å². The highest BCUT2D eigenvalue weighted by atomic mass is 16.3. The van der Waals surface area contributed by atoms with Crippen molar-refractivity contribution in [2.75, 3.05) is 13.2 Å². The van der Waals surface area contributed by atoms with E-state index in [1.165, 1.54) is 13.0 Å². The number of aliphatic hydroxyl groups is 2. The van der Waals surface area contributed by atoms with Crippen LogP contribution in [0.2, 0.25) is 0 Å². The molecule has 0 radical (unpaired) electrons. The zero-order valence-corrected chi connectivity index (χ0v) is 21.3. The molecule has 1 aromatic heterocycles. The summed E-state index contributed by atoms with van der Waals surface area (Å²) < 4.78 is 6.04. The Bertz CT molecular complexity index is 1090. The SMILES string of the molecule is CC(=O)CC(=O)C(CO)C(CCO)CC1CC(=O)c2c(O)ccc(-c3ccc(CNC(C)C)o3)c2C1. The number of benzene rings is 1. The van der Waals surface area contributed by atoms with Gasteiger partial charge in [0.05, 0.1) is 25.1 Å². The monoisotopic (exact) mass is 499 g/mol. The van der Waals surface area contributed by atoms with Crippen LogP contribution in [0.1, 0.15) is 68.1 Å². The summed E-state index contributed by atoms with van der Waals surface area (Å²) in [5.41, 5.74) is 1.74. The van der Waals surface area contributed by atoms with Crippen LogP contribution in [-0.2, 0) is 22.6 Å². The van der Waals surface area contributed by atoms with Gasteiger partial charge in [-0.15, -0.1) is 0 Å². The van der Waals surface area contributed by atoms with E-state index in [2.05, 4.69) is 5.32 Å². The minimum atomic E-state index is -0.776. The molecule has 1 aliphatic rings. The predicted molar refractivity (Wildman–Crippen MR) is 135 cm³/mol. The first kappa shape index (κ1) is 27.8. The highest BCUT2D eigenvalue weighted by Crippen LogP contribution is 2.41. The fourth-order valence-electron chi connectivity index (χ4n) is 5.17. The van der Waals surface area contributed by atoms with Crippen molar-refractivity contribution in [1.82, 2.24) is 5.32 Å². The van der Waals surface area contributed by atoms with Gasteiger partial charge >= 0.3 is 0 Å². The summed E-state index contributed by atoms with van der Waals surface area (Å²) in [6.07, 6.45) is 1.12. The lowest BCUT2D eigenvalue weighted by molar-refractivity contribution is -0.131. The minimum Gasteiger partial charge on any atom is -0.507 e. The average molecular weight is 500 g/mol. The highest BCUT2D eigenvalue weighted by molar-refractivity contribution is 6.03. The number of hydrogen-bond donors (Lipinski definition) is 4. The molecule has 0 saturated carbocycles. The normalized spacial score (nSPS) is 17.2. The molecule has 196 valence electrons. The molecule has 0 fully saturated rings. The number of phenols is 1. The number of ketones is 3. The first-order valence-corrected chi connectivity index (χ1v) is 12.6. The van der Waals surface area contributed by atoms with Crippen LogP contribution in [0.25, 0.3) is 11.3 Å². The second kappa shape index (κ2) is 12.4. The van der Waals surface area contributed by atoms with Crippen LogP contribution in [0.15, 0.2) is 28.7 Å². The fraction of sp³-hybridized carbons (Fsp3) is 0.536. The van der Waals surface area contributed by atoms with Crippen LogP contribution in [0.3, 0.4) is 0 Å². The van der Waals surface area contributed by atoms with E-state index < -0.39 is 12.5 Å². The number of aliphatic hydroxyl groups excluding tert-OH is 2. The van der Waals surface area contributed by atoms with Crippen LogP contribution < -0.4 is 5.32 Å². The zero-order valence-electron chi connectivity index (χ0n) is 21.3. The number of rotatable bonds is 13. The lowest BCUT2D eigenvalue weighted by Gasteiger charge is -2.31. The number of carbonyl (C=O) groups excluding carboxylic acids is 3. The minimum absolute atomic E-state index is 0.0674. The standard InChI is InChI=1S/C28H37NO7/c1-16(2)29-14-20-4-7-27(36-20)21-5-6-24(33)28-22(21)12-18(13-26(28)35)11-19(8-9-30)23(15-31)25(34)10-17(3)32/h4-7,16,18-19,23,29-31,33H,8-15H2,1-3H3. The van der Waals surface area contributed by atoms with Gasteiger partial charge in [0.1, 0.15) is 28.8 Å². The number of aromatic hydroxyl groups is 1. The van der Waals surface area contributed by atoms with Gasteiger partial charge in [0.2, 0.25) is 0 Å². The Morgan fingerprint density at radius 1 is 1.14 bits per heavy atom. The van der Waals surface area contributed by atoms with Gasteiger partial charge in [-0.3, -0.25) is 14.4 Å².